The Morgan fingerprint density at radius 2 is 2.00 bits per heavy atom. The number of nitrogens with zero attached hydrogens (tertiary/aromatic N) is 3. The number of nitrogens with one attached hydrogen (secondary N) is 1. The van der Waals surface area contributed by atoms with Crippen LogP contribution in [0.2, 0.25) is 0 Å². The van der Waals surface area contributed by atoms with Crippen LogP contribution in [0.15, 0.2) is 30.3 Å². The van der Waals surface area contributed by atoms with Crippen molar-refractivity contribution in [3.63, 3.8) is 0 Å². The zero-order valence-corrected chi connectivity index (χ0v) is 15.7. The summed E-state index contributed by atoms with van der Waals surface area (Å²) >= 11 is 0. The second kappa shape index (κ2) is 5.36. The van der Waals surface area contributed by atoms with Gasteiger partial charge in [-0.05, 0) is 11.6 Å². The fourth-order valence-corrected chi connectivity index (χ4v) is 5.17. The number of hydrogen-bond donors (Lipinski definition) is 1. The van der Waals surface area contributed by atoms with E-state index in [1.165, 1.54) is 0 Å². The van der Waals surface area contributed by atoms with Crippen molar-refractivity contribution >= 4 is 50.5 Å². The molecule has 1 aliphatic carbocycles. The number of allylic oxidation sites excluding steroid dienone is 1. The maximum absolute atomic E-state index is 12.9. The van der Waals surface area contributed by atoms with E-state index in [-0.39, 0.29) is 18.2 Å². The quantitative estimate of drug-likeness (QED) is 0.547. The molecule has 29 heavy (non-hydrogen) atoms. The van der Waals surface area contributed by atoms with Crippen LogP contribution >= 0.6 is 0 Å². The average Bonchev–Trinajstić information content (AvgIpc) is 3.35. The lowest BCUT2D eigenvalue weighted by molar-refractivity contribution is 0.0963. The topological polar surface area (TPSA) is 79.8 Å². The summed E-state index contributed by atoms with van der Waals surface area (Å²) in [5.74, 6) is -0.0618. The summed E-state index contributed by atoms with van der Waals surface area (Å²) in [7, 11) is 1.88. The van der Waals surface area contributed by atoms with Gasteiger partial charge in [-0.25, -0.2) is 0 Å². The number of Topliss-reactive ketones (excluding diaryl/α,β-unsaturated/α-hetero) is 1. The van der Waals surface area contributed by atoms with Gasteiger partial charge in [-0.1, -0.05) is 30.4 Å². The fourth-order valence-electron chi connectivity index (χ4n) is 5.17. The molecule has 0 fully saturated rings. The molecule has 6 rings (SSSR count). The van der Waals surface area contributed by atoms with Gasteiger partial charge in [0.05, 0.1) is 33.9 Å². The molecular weight excluding hydrogens is 364 g/mol. The number of aromatic nitrogens is 2. The Kier molecular flexibility index (Phi) is 2.98. The first-order valence-corrected chi connectivity index (χ1v) is 9.56. The second-order valence-electron chi connectivity index (χ2n) is 7.60. The van der Waals surface area contributed by atoms with Gasteiger partial charge in [-0.3, -0.25) is 9.59 Å². The van der Waals surface area contributed by atoms with E-state index in [0.717, 1.165) is 43.8 Å². The van der Waals surface area contributed by atoms with Gasteiger partial charge in [0, 0.05) is 41.7 Å². The minimum atomic E-state index is -0.108. The van der Waals surface area contributed by atoms with Crippen LogP contribution in [-0.2, 0) is 20.1 Å². The number of hydrogen-bond acceptors (Lipinski definition) is 3. The van der Waals surface area contributed by atoms with E-state index in [4.69, 9.17) is 0 Å². The molecule has 0 unspecified atom stereocenters. The Balaban J connectivity index is 2.00. The average molecular weight is 380 g/mol. The predicted octanol–water partition coefficient (Wildman–Crippen LogP) is 3.65. The van der Waals surface area contributed by atoms with Crippen molar-refractivity contribution in [3.05, 3.63) is 52.7 Å². The molecule has 2 aliphatic rings. The Hall–Kier alpha value is -3.85. The molecule has 0 bridgehead atoms. The normalized spacial score (nSPS) is 15.2. The third-order valence-electron chi connectivity index (χ3n) is 6.21. The summed E-state index contributed by atoms with van der Waals surface area (Å²) in [6, 6.07) is 10.2. The number of nitriles is 1. The smallest absolute Gasteiger partial charge is 0.252 e. The molecule has 1 N–H and O–H groups in total. The number of ketones is 1. The fraction of sp³-hybridized carbons (Fsp3) is 0.174. The van der Waals surface area contributed by atoms with Crippen LogP contribution in [0.5, 0.6) is 0 Å². The van der Waals surface area contributed by atoms with Crippen LogP contribution in [0.3, 0.4) is 0 Å². The molecule has 0 radical (unpaired) electrons. The summed E-state index contributed by atoms with van der Waals surface area (Å²) in [5.41, 5.74) is 5.75. The highest BCUT2D eigenvalue weighted by Crippen LogP contribution is 2.44. The molecule has 6 nitrogen and oxygen atoms in total. The number of carbonyl (C=O) groups excluding carboxylic acids is 2. The van der Waals surface area contributed by atoms with Crippen molar-refractivity contribution in [1.82, 2.24) is 14.5 Å². The van der Waals surface area contributed by atoms with E-state index in [2.05, 4.69) is 11.4 Å². The highest BCUT2D eigenvalue weighted by Gasteiger charge is 2.34. The minimum absolute atomic E-state index is 0.0458. The van der Waals surface area contributed by atoms with Gasteiger partial charge < -0.3 is 14.5 Å². The zero-order chi connectivity index (χ0) is 19.9. The van der Waals surface area contributed by atoms with Crippen LogP contribution in [0.25, 0.3) is 38.8 Å². The molecular formula is C23H16N4O2. The number of fused-ring (bicyclic) bond motifs is 10. The van der Waals surface area contributed by atoms with Crippen molar-refractivity contribution in [2.24, 2.45) is 7.05 Å². The van der Waals surface area contributed by atoms with E-state index in [1.54, 1.807) is 0 Å². The van der Waals surface area contributed by atoms with Crippen molar-refractivity contribution in [2.45, 2.75) is 19.5 Å². The molecule has 3 heterocycles. The van der Waals surface area contributed by atoms with Gasteiger partial charge in [0.1, 0.15) is 6.54 Å². The Labute approximate surface area is 165 Å². The molecule has 4 aromatic rings. The maximum Gasteiger partial charge on any atom is 0.252 e. The Morgan fingerprint density at radius 1 is 1.17 bits per heavy atom. The van der Waals surface area contributed by atoms with Crippen molar-refractivity contribution in [2.75, 3.05) is 0 Å². The van der Waals surface area contributed by atoms with Gasteiger partial charge >= 0.3 is 0 Å². The van der Waals surface area contributed by atoms with E-state index in [1.807, 2.05) is 52.6 Å². The number of amides is 1. The number of carbonyl (C=O) groups is 2. The van der Waals surface area contributed by atoms with Gasteiger partial charge in [-0.2, -0.15) is 5.26 Å². The molecule has 0 saturated heterocycles. The van der Waals surface area contributed by atoms with E-state index < -0.39 is 0 Å². The maximum atomic E-state index is 12.9. The first-order valence-electron chi connectivity index (χ1n) is 9.56. The zero-order valence-electron chi connectivity index (χ0n) is 15.7. The number of benzene rings is 2. The Morgan fingerprint density at radius 3 is 2.83 bits per heavy atom. The minimum Gasteiger partial charge on any atom is -0.348 e. The number of aryl methyl sites for hydroxylation is 1. The van der Waals surface area contributed by atoms with E-state index in [0.29, 0.717) is 24.2 Å². The third kappa shape index (κ3) is 1.80. The molecule has 0 spiro atoms. The van der Waals surface area contributed by atoms with Crippen LogP contribution in [0, 0.1) is 11.3 Å². The van der Waals surface area contributed by atoms with Gasteiger partial charge in [-0.15, -0.1) is 0 Å². The summed E-state index contributed by atoms with van der Waals surface area (Å²) in [6.45, 7) is 0.640. The van der Waals surface area contributed by atoms with E-state index >= 15 is 0 Å². The SMILES string of the molecule is Cn1c2c(c3c4c(c5c6ccccc6n(CC#N)c5c31)CNC4=O)C=CCC2=O. The molecule has 1 amide bonds. The van der Waals surface area contributed by atoms with Gasteiger partial charge in [0.15, 0.2) is 5.78 Å². The monoisotopic (exact) mass is 380 g/mol. The van der Waals surface area contributed by atoms with Crippen LogP contribution in [0.1, 0.15) is 38.4 Å². The Bertz CT molecular complexity index is 1510. The molecule has 2 aromatic carbocycles. The summed E-state index contributed by atoms with van der Waals surface area (Å²) in [5, 5.41) is 15.3. The lowest BCUT2D eigenvalue weighted by atomic mass is 9.94. The largest absolute Gasteiger partial charge is 0.348 e. The molecule has 6 heteroatoms. The number of rotatable bonds is 1. The molecule has 140 valence electrons. The van der Waals surface area contributed by atoms with E-state index in [9.17, 15) is 14.9 Å². The standard InChI is InChI=1S/C23H16N4O2/c1-26-20-13(6-4-8-16(20)28)18-19-14(11-25-23(19)29)17-12-5-2-3-7-15(12)27(10-9-24)22(17)21(18)26/h2-7H,8,10-11H2,1H3,(H,25,29). The van der Waals surface area contributed by atoms with Gasteiger partial charge in [0.25, 0.3) is 5.91 Å². The lowest BCUT2D eigenvalue weighted by Crippen LogP contribution is -2.12. The first-order chi connectivity index (χ1) is 14.1. The molecule has 1 aliphatic heterocycles. The summed E-state index contributed by atoms with van der Waals surface area (Å²) < 4.78 is 3.92. The van der Waals surface area contributed by atoms with Gasteiger partial charge in [0.2, 0.25) is 0 Å². The molecule has 2 aromatic heterocycles. The van der Waals surface area contributed by atoms with Crippen LogP contribution in [-0.4, -0.2) is 20.8 Å². The third-order valence-corrected chi connectivity index (χ3v) is 6.21. The first kappa shape index (κ1) is 16.1. The van der Waals surface area contributed by atoms with Crippen molar-refractivity contribution in [1.29, 1.82) is 5.26 Å². The summed E-state index contributed by atoms with van der Waals surface area (Å²) in [4.78, 5) is 25.6. The second-order valence-corrected chi connectivity index (χ2v) is 7.60. The van der Waals surface area contributed by atoms with Crippen LogP contribution in [0.4, 0.5) is 0 Å². The number of para-hydroxylation sites is 1. The van der Waals surface area contributed by atoms with Crippen molar-refractivity contribution < 1.29 is 9.59 Å². The highest BCUT2D eigenvalue weighted by molar-refractivity contribution is 6.28. The lowest BCUT2D eigenvalue weighted by Gasteiger charge is -2.09. The predicted molar refractivity (Wildman–Crippen MR) is 111 cm³/mol. The molecule has 0 saturated carbocycles. The van der Waals surface area contributed by atoms with Crippen LogP contribution < -0.4 is 5.32 Å². The van der Waals surface area contributed by atoms with Crippen molar-refractivity contribution in [3.8, 4) is 6.07 Å². The molecule has 0 atom stereocenters. The highest BCUT2D eigenvalue weighted by atomic mass is 16.2. The summed E-state index contributed by atoms with van der Waals surface area (Å²) in [6.07, 6.45) is 4.17.